The fourth-order valence-electron chi connectivity index (χ4n) is 2.82. The first kappa shape index (κ1) is 16.1. The number of thiazole rings is 1. The Kier molecular flexibility index (Phi) is 4.77. The normalized spacial score (nSPS) is 16.9. The SMILES string of the molecule is CC(NC(=O)c1cc2n(n1)CCCN(C(C)C)C2)c1nccs1. The largest absolute Gasteiger partial charge is 0.342 e. The van der Waals surface area contributed by atoms with E-state index in [4.69, 9.17) is 0 Å². The molecule has 1 N–H and O–H groups in total. The van der Waals surface area contributed by atoms with Gasteiger partial charge in [0.1, 0.15) is 5.01 Å². The zero-order valence-electron chi connectivity index (χ0n) is 13.8. The third-order valence-corrected chi connectivity index (χ3v) is 5.13. The fourth-order valence-corrected chi connectivity index (χ4v) is 3.47. The second kappa shape index (κ2) is 6.80. The monoisotopic (exact) mass is 333 g/mol. The highest BCUT2D eigenvalue weighted by Gasteiger charge is 2.22. The van der Waals surface area contributed by atoms with Crippen LogP contribution in [0, 0.1) is 0 Å². The molecule has 0 saturated carbocycles. The van der Waals surface area contributed by atoms with Crippen molar-refractivity contribution in [2.24, 2.45) is 0 Å². The van der Waals surface area contributed by atoms with E-state index in [1.807, 2.05) is 23.1 Å². The summed E-state index contributed by atoms with van der Waals surface area (Å²) >= 11 is 1.54. The molecule has 0 radical (unpaired) electrons. The standard InChI is InChI=1S/C16H23N5OS/c1-11(2)20-6-4-7-21-13(10-20)9-14(19-21)15(22)18-12(3)16-17-5-8-23-16/h5,8-9,11-12H,4,6-7,10H2,1-3H3,(H,18,22). The van der Waals surface area contributed by atoms with Crippen molar-refractivity contribution in [1.29, 1.82) is 0 Å². The van der Waals surface area contributed by atoms with E-state index in [1.54, 1.807) is 17.5 Å². The molecule has 0 bridgehead atoms. The number of carbonyl (C=O) groups is 1. The first-order valence-corrected chi connectivity index (χ1v) is 8.93. The minimum Gasteiger partial charge on any atom is -0.342 e. The van der Waals surface area contributed by atoms with Gasteiger partial charge in [0.25, 0.3) is 5.91 Å². The molecule has 1 atom stereocenters. The van der Waals surface area contributed by atoms with Gasteiger partial charge in [-0.1, -0.05) is 0 Å². The van der Waals surface area contributed by atoms with Crippen LogP contribution in [0.25, 0.3) is 0 Å². The first-order valence-electron chi connectivity index (χ1n) is 8.05. The number of rotatable bonds is 4. The van der Waals surface area contributed by atoms with Crippen LogP contribution in [-0.4, -0.2) is 38.2 Å². The molecule has 2 aromatic rings. The van der Waals surface area contributed by atoms with E-state index < -0.39 is 0 Å². The predicted octanol–water partition coefficient (Wildman–Crippen LogP) is 2.44. The Balaban J connectivity index is 1.72. The lowest BCUT2D eigenvalue weighted by Gasteiger charge is -2.23. The molecule has 0 fully saturated rings. The molecule has 7 heteroatoms. The van der Waals surface area contributed by atoms with Crippen molar-refractivity contribution in [1.82, 2.24) is 25.0 Å². The summed E-state index contributed by atoms with van der Waals surface area (Å²) in [5.74, 6) is -0.135. The maximum atomic E-state index is 12.4. The second-order valence-electron chi connectivity index (χ2n) is 6.23. The molecule has 3 heterocycles. The van der Waals surface area contributed by atoms with Crippen LogP contribution in [0.15, 0.2) is 17.6 Å². The molecule has 3 rings (SSSR count). The van der Waals surface area contributed by atoms with E-state index in [9.17, 15) is 4.79 Å². The van der Waals surface area contributed by atoms with Gasteiger partial charge in [0.05, 0.1) is 11.7 Å². The first-order chi connectivity index (χ1) is 11.0. The third-order valence-electron chi connectivity index (χ3n) is 4.18. The van der Waals surface area contributed by atoms with E-state index >= 15 is 0 Å². The van der Waals surface area contributed by atoms with Crippen LogP contribution >= 0.6 is 11.3 Å². The van der Waals surface area contributed by atoms with Crippen molar-refractivity contribution in [3.05, 3.63) is 34.0 Å². The Labute approximate surface area is 140 Å². The van der Waals surface area contributed by atoms with Crippen LogP contribution in [0.2, 0.25) is 0 Å². The topological polar surface area (TPSA) is 63.1 Å². The highest BCUT2D eigenvalue weighted by atomic mass is 32.1. The smallest absolute Gasteiger partial charge is 0.272 e. The van der Waals surface area contributed by atoms with Crippen molar-refractivity contribution in [3.8, 4) is 0 Å². The molecule has 0 spiro atoms. The van der Waals surface area contributed by atoms with E-state index in [0.717, 1.165) is 36.8 Å². The maximum Gasteiger partial charge on any atom is 0.272 e. The Bertz CT molecular complexity index is 664. The summed E-state index contributed by atoms with van der Waals surface area (Å²) in [4.78, 5) is 19.1. The highest BCUT2D eigenvalue weighted by Crippen LogP contribution is 2.18. The maximum absolute atomic E-state index is 12.4. The summed E-state index contributed by atoms with van der Waals surface area (Å²) < 4.78 is 1.98. The van der Waals surface area contributed by atoms with Gasteiger partial charge in [-0.25, -0.2) is 4.98 Å². The lowest BCUT2D eigenvalue weighted by molar-refractivity contribution is 0.0934. The van der Waals surface area contributed by atoms with Crippen molar-refractivity contribution < 1.29 is 4.79 Å². The summed E-state index contributed by atoms with van der Waals surface area (Å²) in [6.07, 6.45) is 2.81. The summed E-state index contributed by atoms with van der Waals surface area (Å²) in [6.45, 7) is 9.14. The van der Waals surface area contributed by atoms with Crippen molar-refractivity contribution in [3.63, 3.8) is 0 Å². The average Bonchev–Trinajstić information content (AvgIpc) is 3.13. The summed E-state index contributed by atoms with van der Waals surface area (Å²) in [5.41, 5.74) is 1.61. The van der Waals surface area contributed by atoms with Crippen molar-refractivity contribution in [2.75, 3.05) is 6.54 Å². The van der Waals surface area contributed by atoms with Crippen LogP contribution in [0.1, 0.15) is 54.4 Å². The molecule has 1 unspecified atom stereocenters. The van der Waals surface area contributed by atoms with Crippen LogP contribution in [0.5, 0.6) is 0 Å². The molecule has 0 aliphatic carbocycles. The zero-order chi connectivity index (χ0) is 16.4. The molecule has 124 valence electrons. The molecule has 1 aliphatic heterocycles. The number of aryl methyl sites for hydroxylation is 1. The number of hydrogen-bond donors (Lipinski definition) is 1. The minimum absolute atomic E-state index is 0.101. The number of hydrogen-bond acceptors (Lipinski definition) is 5. The molecular formula is C16H23N5OS. The Morgan fingerprint density at radius 2 is 2.17 bits per heavy atom. The molecular weight excluding hydrogens is 310 g/mol. The predicted molar refractivity (Wildman–Crippen MR) is 90.4 cm³/mol. The Morgan fingerprint density at radius 1 is 1.35 bits per heavy atom. The van der Waals surface area contributed by atoms with Gasteiger partial charge < -0.3 is 5.32 Å². The molecule has 6 nitrogen and oxygen atoms in total. The van der Waals surface area contributed by atoms with Gasteiger partial charge in [-0.3, -0.25) is 14.4 Å². The van der Waals surface area contributed by atoms with E-state index in [2.05, 4.69) is 34.1 Å². The van der Waals surface area contributed by atoms with Crippen LogP contribution in [-0.2, 0) is 13.1 Å². The second-order valence-corrected chi connectivity index (χ2v) is 7.15. The molecule has 1 amide bonds. The van der Waals surface area contributed by atoms with Gasteiger partial charge in [0.2, 0.25) is 0 Å². The van der Waals surface area contributed by atoms with E-state index in [0.29, 0.717) is 11.7 Å². The van der Waals surface area contributed by atoms with E-state index in [1.165, 1.54) is 0 Å². The molecule has 0 aromatic carbocycles. The van der Waals surface area contributed by atoms with Gasteiger partial charge in [-0.05, 0) is 33.3 Å². The van der Waals surface area contributed by atoms with Crippen molar-refractivity contribution in [2.45, 2.75) is 52.4 Å². The van der Waals surface area contributed by atoms with Crippen molar-refractivity contribution >= 4 is 17.2 Å². The average molecular weight is 333 g/mol. The van der Waals surface area contributed by atoms with Gasteiger partial charge in [0, 0.05) is 37.3 Å². The molecule has 1 aliphatic rings. The number of carbonyl (C=O) groups excluding carboxylic acids is 1. The summed E-state index contributed by atoms with van der Waals surface area (Å²) in [5, 5.41) is 10.3. The quantitative estimate of drug-likeness (QED) is 0.933. The molecule has 0 saturated heterocycles. The Morgan fingerprint density at radius 3 is 2.87 bits per heavy atom. The number of aromatic nitrogens is 3. The number of nitrogens with one attached hydrogen (secondary N) is 1. The van der Waals surface area contributed by atoms with E-state index in [-0.39, 0.29) is 11.9 Å². The van der Waals surface area contributed by atoms with Crippen LogP contribution in [0.4, 0.5) is 0 Å². The molecule has 23 heavy (non-hydrogen) atoms. The lowest BCUT2D eigenvalue weighted by atomic mass is 10.2. The lowest BCUT2D eigenvalue weighted by Crippen LogP contribution is -2.30. The van der Waals surface area contributed by atoms with Crippen LogP contribution in [0.3, 0.4) is 0 Å². The highest BCUT2D eigenvalue weighted by molar-refractivity contribution is 7.09. The van der Waals surface area contributed by atoms with Gasteiger partial charge in [-0.2, -0.15) is 5.10 Å². The van der Waals surface area contributed by atoms with Gasteiger partial charge in [0.15, 0.2) is 5.69 Å². The van der Waals surface area contributed by atoms with Gasteiger partial charge >= 0.3 is 0 Å². The number of amides is 1. The number of nitrogens with zero attached hydrogens (tertiary/aromatic N) is 4. The Hall–Kier alpha value is -1.73. The molecule has 2 aromatic heterocycles. The zero-order valence-corrected chi connectivity index (χ0v) is 14.6. The van der Waals surface area contributed by atoms with Gasteiger partial charge in [-0.15, -0.1) is 11.3 Å². The minimum atomic E-state index is -0.135. The fraction of sp³-hybridized carbons (Fsp3) is 0.562. The summed E-state index contributed by atoms with van der Waals surface area (Å²) in [6, 6.07) is 2.32. The summed E-state index contributed by atoms with van der Waals surface area (Å²) in [7, 11) is 0. The number of fused-ring (bicyclic) bond motifs is 1. The third kappa shape index (κ3) is 3.61. The van der Waals surface area contributed by atoms with Crippen LogP contribution < -0.4 is 5.32 Å².